The van der Waals surface area contributed by atoms with E-state index in [-0.39, 0.29) is 12.2 Å². The van der Waals surface area contributed by atoms with Gasteiger partial charge in [0.25, 0.3) is 0 Å². The lowest BCUT2D eigenvalue weighted by Crippen LogP contribution is -2.36. The lowest BCUT2D eigenvalue weighted by atomic mass is 9.85. The highest BCUT2D eigenvalue weighted by Crippen LogP contribution is 2.38. The molecule has 1 aliphatic heterocycles. The molecule has 2 fully saturated rings. The van der Waals surface area contributed by atoms with Crippen LogP contribution in [-0.2, 0) is 11.8 Å². The molecule has 0 N–H and O–H groups in total. The zero-order valence-corrected chi connectivity index (χ0v) is 23.7. The standard InChI is InChI=1S/C29H43N7O2/c1-19(2)22-8-7-9-25(16-22)38-20(3)28-31-32-29(35(28)6)21-10-12-23(13-11-21)36-17-26(30-33-36)27-15-14-24(18-37-27)34(4)5/h7-9,16-17,19-21,23-24,27H,10-15,18H2,1-6H3/t20?,21-,23-,24-,27+/m1/s1. The van der Waals surface area contributed by atoms with Gasteiger partial charge < -0.3 is 18.9 Å². The maximum absolute atomic E-state index is 6.26. The Balaban J connectivity index is 1.17. The molecule has 3 atom stereocenters. The maximum Gasteiger partial charge on any atom is 0.173 e. The van der Waals surface area contributed by atoms with Crippen molar-refractivity contribution in [3.63, 3.8) is 0 Å². The van der Waals surface area contributed by atoms with E-state index in [1.54, 1.807) is 0 Å². The Labute approximate surface area is 226 Å². The average Bonchev–Trinajstić information content (AvgIpc) is 3.56. The molecule has 206 valence electrons. The maximum atomic E-state index is 6.26. The molecule has 3 heterocycles. The number of hydrogen-bond acceptors (Lipinski definition) is 7. The predicted octanol–water partition coefficient (Wildman–Crippen LogP) is 5.35. The number of benzene rings is 1. The van der Waals surface area contributed by atoms with E-state index in [0.717, 1.165) is 68.2 Å². The summed E-state index contributed by atoms with van der Waals surface area (Å²) in [5, 5.41) is 18.1. The first-order valence-electron chi connectivity index (χ1n) is 14.2. The van der Waals surface area contributed by atoms with Crippen LogP contribution in [0.5, 0.6) is 5.75 Å². The van der Waals surface area contributed by atoms with E-state index in [1.165, 1.54) is 5.56 Å². The number of hydrogen-bond donors (Lipinski definition) is 0. The molecule has 0 amide bonds. The van der Waals surface area contributed by atoms with Crippen molar-refractivity contribution in [1.29, 1.82) is 0 Å². The molecule has 9 heteroatoms. The van der Waals surface area contributed by atoms with Gasteiger partial charge in [-0.15, -0.1) is 15.3 Å². The third-order valence-electron chi connectivity index (χ3n) is 8.42. The van der Waals surface area contributed by atoms with Crippen LogP contribution in [0, 0.1) is 0 Å². The summed E-state index contributed by atoms with van der Waals surface area (Å²) >= 11 is 0. The summed E-state index contributed by atoms with van der Waals surface area (Å²) < 4.78 is 16.6. The van der Waals surface area contributed by atoms with Gasteiger partial charge in [-0.3, -0.25) is 0 Å². The van der Waals surface area contributed by atoms with Gasteiger partial charge in [-0.25, -0.2) is 4.68 Å². The van der Waals surface area contributed by atoms with Gasteiger partial charge in [-0.2, -0.15) is 0 Å². The predicted molar refractivity (Wildman–Crippen MR) is 146 cm³/mol. The molecule has 1 saturated heterocycles. The first-order valence-corrected chi connectivity index (χ1v) is 14.2. The second-order valence-corrected chi connectivity index (χ2v) is 11.6. The number of aromatic nitrogens is 6. The molecule has 9 nitrogen and oxygen atoms in total. The summed E-state index contributed by atoms with van der Waals surface area (Å²) in [5.74, 6) is 3.64. The lowest BCUT2D eigenvalue weighted by molar-refractivity contribution is -0.0291. The van der Waals surface area contributed by atoms with Crippen LogP contribution < -0.4 is 4.74 Å². The Morgan fingerprint density at radius 1 is 1.00 bits per heavy atom. The third-order valence-corrected chi connectivity index (χ3v) is 8.42. The van der Waals surface area contributed by atoms with Crippen LogP contribution in [-0.4, -0.2) is 61.4 Å². The minimum atomic E-state index is -0.177. The monoisotopic (exact) mass is 521 g/mol. The van der Waals surface area contributed by atoms with Gasteiger partial charge in [0.15, 0.2) is 11.9 Å². The summed E-state index contributed by atoms with van der Waals surface area (Å²) in [4.78, 5) is 2.24. The zero-order chi connectivity index (χ0) is 26.8. The van der Waals surface area contributed by atoms with Crippen molar-refractivity contribution in [2.75, 3.05) is 20.7 Å². The lowest BCUT2D eigenvalue weighted by Gasteiger charge is -2.32. The minimum absolute atomic E-state index is 0.0606. The van der Waals surface area contributed by atoms with Crippen LogP contribution in [0.2, 0.25) is 0 Å². The Bertz CT molecular complexity index is 1190. The highest BCUT2D eigenvalue weighted by Gasteiger charge is 2.31. The molecule has 1 aromatic carbocycles. The molecule has 1 aliphatic carbocycles. The summed E-state index contributed by atoms with van der Waals surface area (Å²) in [7, 11) is 6.30. The first-order chi connectivity index (χ1) is 18.3. The SMILES string of the molecule is CC(C)c1cccc(OC(C)c2nnc([C@H]3CC[C@H](n4cc([C@@H]5CC[C@@H](N(C)C)CO5)nn4)CC3)n2C)c1. The fourth-order valence-electron chi connectivity index (χ4n) is 5.86. The molecule has 3 aromatic rings. The average molecular weight is 522 g/mol. The molecule has 0 bridgehead atoms. The fourth-order valence-corrected chi connectivity index (χ4v) is 5.86. The Morgan fingerprint density at radius 2 is 1.79 bits per heavy atom. The minimum Gasteiger partial charge on any atom is -0.483 e. The van der Waals surface area contributed by atoms with Crippen molar-refractivity contribution in [2.45, 2.75) is 95.4 Å². The molecular formula is C29H43N7O2. The van der Waals surface area contributed by atoms with Crippen molar-refractivity contribution in [2.24, 2.45) is 7.05 Å². The second-order valence-electron chi connectivity index (χ2n) is 11.6. The van der Waals surface area contributed by atoms with Crippen molar-refractivity contribution in [3.05, 3.63) is 53.4 Å². The van der Waals surface area contributed by atoms with E-state index in [1.807, 2.05) is 13.0 Å². The Hall–Kier alpha value is -2.78. The van der Waals surface area contributed by atoms with Gasteiger partial charge >= 0.3 is 0 Å². The van der Waals surface area contributed by atoms with E-state index in [9.17, 15) is 0 Å². The topological polar surface area (TPSA) is 83.1 Å². The zero-order valence-electron chi connectivity index (χ0n) is 23.7. The highest BCUT2D eigenvalue weighted by molar-refractivity contribution is 5.30. The van der Waals surface area contributed by atoms with E-state index in [2.05, 4.69) is 94.0 Å². The quantitative estimate of drug-likeness (QED) is 0.395. The van der Waals surface area contributed by atoms with Crippen molar-refractivity contribution in [3.8, 4) is 5.75 Å². The number of likely N-dealkylation sites (N-methyl/N-ethyl adjacent to an activating group) is 1. The smallest absolute Gasteiger partial charge is 0.173 e. The largest absolute Gasteiger partial charge is 0.483 e. The van der Waals surface area contributed by atoms with E-state index in [4.69, 9.17) is 9.47 Å². The first kappa shape index (κ1) is 26.8. The van der Waals surface area contributed by atoms with Gasteiger partial charge in [-0.1, -0.05) is 31.2 Å². The number of ether oxygens (including phenoxy) is 2. The summed E-state index contributed by atoms with van der Waals surface area (Å²) in [6, 6.07) is 9.19. The summed E-state index contributed by atoms with van der Waals surface area (Å²) in [5.41, 5.74) is 2.24. The molecule has 2 aliphatic rings. The van der Waals surface area contributed by atoms with Crippen molar-refractivity contribution < 1.29 is 9.47 Å². The normalized spacial score (nSPS) is 25.2. The van der Waals surface area contributed by atoms with Crippen molar-refractivity contribution in [1.82, 2.24) is 34.7 Å². The second kappa shape index (κ2) is 11.5. The molecule has 38 heavy (non-hydrogen) atoms. The number of nitrogens with zero attached hydrogens (tertiary/aromatic N) is 7. The summed E-state index contributed by atoms with van der Waals surface area (Å²) in [6.45, 7) is 7.19. The van der Waals surface area contributed by atoms with Crippen LogP contribution in [0.3, 0.4) is 0 Å². The van der Waals surface area contributed by atoms with Crippen LogP contribution >= 0.6 is 0 Å². The fraction of sp³-hybridized carbons (Fsp3) is 0.655. The number of rotatable bonds is 8. The van der Waals surface area contributed by atoms with Gasteiger partial charge in [-0.05, 0) is 83.2 Å². The van der Waals surface area contributed by atoms with Gasteiger partial charge in [0.2, 0.25) is 0 Å². The molecule has 1 saturated carbocycles. The molecule has 2 aromatic heterocycles. The van der Waals surface area contributed by atoms with E-state index >= 15 is 0 Å². The molecule has 0 spiro atoms. The highest BCUT2D eigenvalue weighted by atomic mass is 16.5. The van der Waals surface area contributed by atoms with Gasteiger partial charge in [0.1, 0.15) is 23.4 Å². The third kappa shape index (κ3) is 5.78. The Kier molecular flexibility index (Phi) is 8.14. The Morgan fingerprint density at radius 3 is 2.47 bits per heavy atom. The van der Waals surface area contributed by atoms with Crippen LogP contribution in [0.15, 0.2) is 30.5 Å². The van der Waals surface area contributed by atoms with Crippen LogP contribution in [0.4, 0.5) is 0 Å². The van der Waals surface area contributed by atoms with Gasteiger partial charge in [0.05, 0.1) is 18.8 Å². The van der Waals surface area contributed by atoms with Crippen molar-refractivity contribution >= 4 is 0 Å². The molecule has 0 radical (unpaired) electrons. The molecule has 1 unspecified atom stereocenters. The summed E-state index contributed by atoms with van der Waals surface area (Å²) in [6.07, 6.45) is 8.34. The van der Waals surface area contributed by atoms with Crippen LogP contribution in [0.1, 0.15) is 112 Å². The molecule has 5 rings (SSSR count). The van der Waals surface area contributed by atoms with Gasteiger partial charge in [0, 0.05) is 19.0 Å². The van der Waals surface area contributed by atoms with Crippen LogP contribution in [0.25, 0.3) is 0 Å². The van der Waals surface area contributed by atoms with E-state index in [0.29, 0.717) is 23.9 Å². The van der Waals surface area contributed by atoms with E-state index < -0.39 is 0 Å². The molecular weight excluding hydrogens is 478 g/mol.